The number of carbonyl (C=O) groups excluding carboxylic acids is 2. The summed E-state index contributed by atoms with van der Waals surface area (Å²) < 4.78 is 40.8. The third-order valence-electron chi connectivity index (χ3n) is 2.39. The van der Waals surface area contributed by atoms with E-state index in [-0.39, 0.29) is 21.7 Å². The van der Waals surface area contributed by atoms with Crippen LogP contribution >= 0.6 is 11.6 Å². The Hall–Kier alpha value is -2.07. The number of carbonyl (C=O) groups is 2. The van der Waals surface area contributed by atoms with Crippen molar-refractivity contribution in [2.24, 2.45) is 0 Å². The van der Waals surface area contributed by atoms with Crippen LogP contribution in [0.5, 0.6) is 5.75 Å². The first-order valence-electron chi connectivity index (χ1n) is 5.12. The van der Waals surface area contributed by atoms with Crippen molar-refractivity contribution in [2.45, 2.75) is 20.0 Å². The number of esters is 1. The molecular weight excluding hydrogens is 299 g/mol. The summed E-state index contributed by atoms with van der Waals surface area (Å²) >= 11 is 5.77. The number of benzene rings is 1. The molecule has 0 saturated heterocycles. The second kappa shape index (κ2) is 5.51. The first-order valence-corrected chi connectivity index (χ1v) is 5.50. The number of Topliss-reactive ketones (excluding diaryl/α,β-unsaturated/α-hetero) is 1. The van der Waals surface area contributed by atoms with Crippen LogP contribution in [-0.4, -0.2) is 17.9 Å². The van der Waals surface area contributed by atoms with Crippen molar-refractivity contribution in [1.82, 2.24) is 0 Å². The molecule has 0 atom stereocenters. The van der Waals surface area contributed by atoms with Gasteiger partial charge in [-0.15, -0.1) is 0 Å². The Bertz CT molecular complexity index is 632. The fourth-order valence-corrected chi connectivity index (χ4v) is 1.58. The summed E-state index contributed by atoms with van der Waals surface area (Å²) in [7, 11) is 0. The SMILES string of the molecule is CC(=O)c1cc(Cl)c(C)c(C#N)c1OC(=O)C(F)(F)F. The molecule has 0 amide bonds. The molecule has 8 heteroatoms. The monoisotopic (exact) mass is 305 g/mol. The molecule has 0 N–H and O–H groups in total. The van der Waals surface area contributed by atoms with Gasteiger partial charge in [0.2, 0.25) is 0 Å². The van der Waals surface area contributed by atoms with Crippen molar-refractivity contribution in [1.29, 1.82) is 5.26 Å². The molecule has 0 spiro atoms. The molecule has 4 nitrogen and oxygen atoms in total. The Morgan fingerprint density at radius 1 is 1.40 bits per heavy atom. The van der Waals surface area contributed by atoms with Gasteiger partial charge in [-0.2, -0.15) is 18.4 Å². The third kappa shape index (κ3) is 3.08. The van der Waals surface area contributed by atoms with Gasteiger partial charge in [0.1, 0.15) is 6.07 Å². The van der Waals surface area contributed by atoms with Gasteiger partial charge in [-0.05, 0) is 25.5 Å². The zero-order valence-electron chi connectivity index (χ0n) is 10.3. The van der Waals surface area contributed by atoms with Gasteiger partial charge in [0.25, 0.3) is 0 Å². The predicted octanol–water partition coefficient (Wildman–Crippen LogP) is 3.19. The lowest BCUT2D eigenvalue weighted by molar-refractivity contribution is -0.189. The Morgan fingerprint density at radius 2 is 1.95 bits per heavy atom. The fourth-order valence-electron chi connectivity index (χ4n) is 1.38. The summed E-state index contributed by atoms with van der Waals surface area (Å²) in [5, 5.41) is 8.97. The average Bonchev–Trinajstić information content (AvgIpc) is 2.32. The molecule has 1 rings (SSSR count). The summed E-state index contributed by atoms with van der Waals surface area (Å²) in [6.45, 7) is 2.41. The Labute approximate surface area is 116 Å². The van der Waals surface area contributed by atoms with Crippen molar-refractivity contribution >= 4 is 23.4 Å². The van der Waals surface area contributed by atoms with E-state index in [1.807, 2.05) is 0 Å². The van der Waals surface area contributed by atoms with E-state index in [4.69, 9.17) is 16.9 Å². The smallest absolute Gasteiger partial charge is 0.418 e. The lowest BCUT2D eigenvalue weighted by Gasteiger charge is -2.14. The quantitative estimate of drug-likeness (QED) is 0.478. The van der Waals surface area contributed by atoms with Crippen LogP contribution in [0.2, 0.25) is 5.02 Å². The first-order chi connectivity index (χ1) is 9.09. The Kier molecular flexibility index (Phi) is 4.40. The van der Waals surface area contributed by atoms with Gasteiger partial charge in [0.05, 0.1) is 11.1 Å². The molecule has 106 valence electrons. The number of alkyl halides is 3. The number of ether oxygens (including phenoxy) is 1. The van der Waals surface area contributed by atoms with Gasteiger partial charge < -0.3 is 4.74 Å². The van der Waals surface area contributed by atoms with Gasteiger partial charge >= 0.3 is 12.1 Å². The molecule has 0 aliphatic carbocycles. The highest BCUT2D eigenvalue weighted by molar-refractivity contribution is 6.32. The van der Waals surface area contributed by atoms with Crippen LogP contribution in [0, 0.1) is 18.3 Å². The first kappa shape index (κ1) is 16.0. The maximum absolute atomic E-state index is 12.2. The molecule has 0 heterocycles. The van der Waals surface area contributed by atoms with E-state index in [1.54, 1.807) is 6.07 Å². The summed E-state index contributed by atoms with van der Waals surface area (Å²) in [5.74, 6) is -3.93. The molecule has 20 heavy (non-hydrogen) atoms. The highest BCUT2D eigenvalue weighted by Gasteiger charge is 2.42. The third-order valence-corrected chi connectivity index (χ3v) is 2.79. The van der Waals surface area contributed by atoms with Crippen molar-refractivity contribution in [3.63, 3.8) is 0 Å². The van der Waals surface area contributed by atoms with Gasteiger partial charge in [-0.25, -0.2) is 4.79 Å². The fraction of sp³-hybridized carbons (Fsp3) is 0.250. The molecule has 0 fully saturated rings. The molecule has 0 bridgehead atoms. The second-order valence-electron chi connectivity index (χ2n) is 3.79. The Balaban J connectivity index is 3.51. The molecule has 1 aromatic carbocycles. The molecule has 0 radical (unpaired) electrons. The van der Waals surface area contributed by atoms with Gasteiger partial charge in [0.15, 0.2) is 11.5 Å². The summed E-state index contributed by atoms with van der Waals surface area (Å²) in [4.78, 5) is 22.3. The van der Waals surface area contributed by atoms with E-state index in [2.05, 4.69) is 4.74 Å². The number of rotatable bonds is 2. The Morgan fingerprint density at radius 3 is 2.35 bits per heavy atom. The van der Waals surface area contributed by atoms with E-state index in [9.17, 15) is 22.8 Å². The number of hydrogen-bond donors (Lipinski definition) is 0. The van der Waals surface area contributed by atoms with Crippen LogP contribution < -0.4 is 4.74 Å². The molecule has 0 aliphatic rings. The van der Waals surface area contributed by atoms with Crippen molar-refractivity contribution in [3.8, 4) is 11.8 Å². The maximum atomic E-state index is 12.2. The summed E-state index contributed by atoms with van der Waals surface area (Å²) in [6, 6.07) is 2.63. The summed E-state index contributed by atoms with van der Waals surface area (Å²) in [6.07, 6.45) is -5.24. The molecule has 0 aromatic heterocycles. The number of nitrogens with zero attached hydrogens (tertiary/aromatic N) is 1. The standard InChI is InChI=1S/C12H7ClF3NO3/c1-5-8(4-17)10(20-11(19)12(14,15)16)7(6(2)18)3-9(5)13/h3H,1-2H3. The van der Waals surface area contributed by atoms with Gasteiger partial charge in [0, 0.05) is 5.02 Å². The average molecular weight is 306 g/mol. The second-order valence-corrected chi connectivity index (χ2v) is 4.20. The molecular formula is C12H7ClF3NO3. The van der Waals surface area contributed by atoms with Crippen LogP contribution in [0.3, 0.4) is 0 Å². The predicted molar refractivity (Wildman–Crippen MR) is 62.6 cm³/mol. The zero-order chi connectivity index (χ0) is 15.7. The van der Waals surface area contributed by atoms with Crippen LogP contribution in [0.4, 0.5) is 13.2 Å². The van der Waals surface area contributed by atoms with E-state index >= 15 is 0 Å². The normalized spacial score (nSPS) is 10.8. The largest absolute Gasteiger partial charge is 0.491 e. The van der Waals surface area contributed by atoms with Gasteiger partial charge in [-0.3, -0.25) is 4.79 Å². The van der Waals surface area contributed by atoms with Crippen LogP contribution in [0.1, 0.15) is 28.4 Å². The summed E-state index contributed by atoms with van der Waals surface area (Å²) in [5.41, 5.74) is -0.640. The van der Waals surface area contributed by atoms with Crippen LogP contribution in [0.25, 0.3) is 0 Å². The van der Waals surface area contributed by atoms with E-state index in [1.165, 1.54) is 6.92 Å². The number of ketones is 1. The van der Waals surface area contributed by atoms with E-state index < -0.39 is 23.7 Å². The number of nitriles is 1. The minimum Gasteiger partial charge on any atom is -0.418 e. The van der Waals surface area contributed by atoms with Crippen LogP contribution in [-0.2, 0) is 4.79 Å². The van der Waals surface area contributed by atoms with Crippen molar-refractivity contribution < 1.29 is 27.5 Å². The lowest BCUT2D eigenvalue weighted by atomic mass is 10.0. The topological polar surface area (TPSA) is 67.2 Å². The molecule has 0 aliphatic heterocycles. The van der Waals surface area contributed by atoms with Crippen molar-refractivity contribution in [2.75, 3.05) is 0 Å². The molecule has 0 unspecified atom stereocenters. The zero-order valence-corrected chi connectivity index (χ0v) is 11.0. The van der Waals surface area contributed by atoms with Crippen molar-refractivity contribution in [3.05, 3.63) is 27.8 Å². The minimum atomic E-state index is -5.24. The van der Waals surface area contributed by atoms with Gasteiger partial charge in [-0.1, -0.05) is 11.6 Å². The molecule has 1 aromatic rings. The van der Waals surface area contributed by atoms with E-state index in [0.29, 0.717) is 0 Å². The minimum absolute atomic E-state index is 0.0126. The number of hydrogen-bond acceptors (Lipinski definition) is 4. The number of halogens is 4. The van der Waals surface area contributed by atoms with E-state index in [0.717, 1.165) is 13.0 Å². The maximum Gasteiger partial charge on any atom is 0.491 e. The highest BCUT2D eigenvalue weighted by atomic mass is 35.5. The highest BCUT2D eigenvalue weighted by Crippen LogP contribution is 2.33. The molecule has 0 saturated carbocycles. The van der Waals surface area contributed by atoms with Crippen LogP contribution in [0.15, 0.2) is 6.07 Å². The lowest BCUT2D eigenvalue weighted by Crippen LogP contribution is -2.29.